The third kappa shape index (κ3) is 597. The quantitative estimate of drug-likeness (QED) is 0.338. The minimum absolute atomic E-state index is 0.500. The number of rotatable bonds is 0. The van der Waals surface area contributed by atoms with Crippen LogP contribution in [0.2, 0.25) is 0 Å². The van der Waals surface area contributed by atoms with Gasteiger partial charge in [0.25, 0.3) is 10.3 Å². The van der Waals surface area contributed by atoms with E-state index in [0.29, 0.717) is 0 Å². The minimum Gasteiger partial charge on any atom is -0.487 e. The molecular formula is C5H12N2O2S2. The van der Waals surface area contributed by atoms with Crippen LogP contribution in [0.4, 0.5) is 0 Å². The molecule has 0 unspecified atom stereocenters. The van der Waals surface area contributed by atoms with Crippen LogP contribution in [0.5, 0.6) is 0 Å². The van der Waals surface area contributed by atoms with Crippen molar-refractivity contribution in [3.8, 4) is 0 Å². The van der Waals surface area contributed by atoms with Crippen molar-refractivity contribution in [2.75, 3.05) is 0 Å². The van der Waals surface area contributed by atoms with Crippen LogP contribution in [-0.2, 0) is 0 Å². The zero-order valence-corrected chi connectivity index (χ0v) is 7.78. The molecule has 0 fully saturated rings. The molecule has 0 heterocycles. The average Bonchev–Trinajstić information content (AvgIpc) is 1.60. The number of nitrogens with two attached hydrogens (primary N) is 2. The van der Waals surface area contributed by atoms with Crippen LogP contribution in [0.3, 0.4) is 0 Å². The second kappa shape index (κ2) is 16.1. The van der Waals surface area contributed by atoms with Crippen molar-refractivity contribution in [1.82, 2.24) is 0 Å². The molecule has 0 aromatic heterocycles. The van der Waals surface area contributed by atoms with Gasteiger partial charge in [0, 0.05) is 0 Å². The Kier molecular flexibility index (Phi) is 24.2. The normalized spacial score (nSPS) is 5.55. The van der Waals surface area contributed by atoms with Crippen LogP contribution in [0.1, 0.15) is 6.92 Å². The molecule has 0 aliphatic rings. The van der Waals surface area contributed by atoms with Crippen LogP contribution < -0.4 is 11.5 Å². The summed E-state index contributed by atoms with van der Waals surface area (Å²) in [6.07, 6.45) is 1.75. The van der Waals surface area contributed by atoms with Gasteiger partial charge in [0.15, 0.2) is 0 Å². The van der Waals surface area contributed by atoms with E-state index in [1.807, 2.05) is 6.92 Å². The standard InChI is InChI=1S/C3H6.2CH3NOS/c1-3-2;2*2-1(3)4/h3H,1H2,2H3;2*(H3,2,3,4). The molecule has 0 aromatic carbocycles. The average molecular weight is 196 g/mol. The summed E-state index contributed by atoms with van der Waals surface area (Å²) in [5.74, 6) is 0. The van der Waals surface area contributed by atoms with Crippen LogP contribution in [0.25, 0.3) is 0 Å². The lowest BCUT2D eigenvalue weighted by Gasteiger charge is -1.67. The van der Waals surface area contributed by atoms with Crippen LogP contribution in [0.15, 0.2) is 12.7 Å². The van der Waals surface area contributed by atoms with Gasteiger partial charge in [-0.25, -0.2) is 0 Å². The molecule has 0 saturated heterocycles. The van der Waals surface area contributed by atoms with Crippen molar-refractivity contribution in [2.24, 2.45) is 11.5 Å². The molecule has 0 aromatic rings. The summed E-state index contributed by atoms with van der Waals surface area (Å²) in [6.45, 7) is 5.25. The largest absolute Gasteiger partial charge is 0.487 e. The van der Waals surface area contributed by atoms with Crippen molar-refractivity contribution in [2.45, 2.75) is 6.92 Å². The highest BCUT2D eigenvalue weighted by Gasteiger charge is 1.57. The van der Waals surface area contributed by atoms with Gasteiger partial charge in [-0.1, -0.05) is 6.08 Å². The zero-order valence-electron chi connectivity index (χ0n) is 6.15. The summed E-state index contributed by atoms with van der Waals surface area (Å²) in [6, 6.07) is 0. The van der Waals surface area contributed by atoms with E-state index < -0.39 is 10.3 Å². The first-order valence-corrected chi connectivity index (χ1v) is 3.23. The molecule has 0 spiro atoms. The first kappa shape index (κ1) is 16.6. The molecule has 6 heteroatoms. The molecule has 0 amide bonds. The first-order valence-electron chi connectivity index (χ1n) is 2.42. The maximum absolute atomic E-state index is 7.56. The first-order chi connectivity index (χ1) is 4.88. The Morgan fingerprint density at radius 3 is 1.27 bits per heavy atom. The molecule has 6 N–H and O–H groups in total. The summed E-state index contributed by atoms with van der Waals surface area (Å²) < 4.78 is 0. The van der Waals surface area contributed by atoms with E-state index >= 15 is 0 Å². The Labute approximate surface area is 76.5 Å². The third-order valence-electron chi connectivity index (χ3n) is 0. The number of hydrogen-bond donors (Lipinski definition) is 4. The van der Waals surface area contributed by atoms with Crippen molar-refractivity contribution in [3.63, 3.8) is 0 Å². The smallest absolute Gasteiger partial charge is 0.251 e. The van der Waals surface area contributed by atoms with E-state index in [9.17, 15) is 0 Å². The molecular weight excluding hydrogens is 184 g/mol. The zero-order chi connectivity index (χ0) is 9.86. The summed E-state index contributed by atoms with van der Waals surface area (Å²) in [5.41, 5.74) is 8.80. The molecule has 0 aliphatic carbocycles. The topological polar surface area (TPSA) is 92.5 Å². The SMILES string of the molecule is C=CC.NC(O)=S.NC(O)=S. The van der Waals surface area contributed by atoms with Crippen LogP contribution >= 0.6 is 24.4 Å². The second-order valence-corrected chi connectivity index (χ2v) is 1.92. The highest BCUT2D eigenvalue weighted by molar-refractivity contribution is 7.80. The predicted octanol–water partition coefficient (Wildman–Crippen LogP) is 0.768. The molecule has 4 nitrogen and oxygen atoms in total. The summed E-state index contributed by atoms with van der Waals surface area (Å²) >= 11 is 7.74. The van der Waals surface area contributed by atoms with Gasteiger partial charge in [-0.05, 0) is 31.4 Å². The van der Waals surface area contributed by atoms with E-state index in [1.165, 1.54) is 0 Å². The minimum atomic E-state index is -0.500. The van der Waals surface area contributed by atoms with Gasteiger partial charge in [0.05, 0.1) is 0 Å². The molecule has 0 radical (unpaired) electrons. The fourth-order valence-electron chi connectivity index (χ4n) is 0. The fourth-order valence-corrected chi connectivity index (χ4v) is 0. The summed E-state index contributed by atoms with van der Waals surface area (Å²) in [7, 11) is 0. The van der Waals surface area contributed by atoms with Gasteiger partial charge in [-0.3, -0.25) is 0 Å². The number of allylic oxidation sites excluding steroid dienone is 1. The Balaban J connectivity index is -0.0000000886. The van der Waals surface area contributed by atoms with E-state index in [1.54, 1.807) is 6.08 Å². The Morgan fingerprint density at radius 1 is 1.27 bits per heavy atom. The molecule has 0 saturated carbocycles. The Hall–Kier alpha value is -0.880. The lowest BCUT2D eigenvalue weighted by atomic mass is 10.8. The summed E-state index contributed by atoms with van der Waals surface area (Å²) in [5, 5.41) is 14.1. The number of thiocarbonyl (C=S) groups is 2. The second-order valence-electron chi connectivity index (χ2n) is 1.08. The summed E-state index contributed by atoms with van der Waals surface area (Å²) in [4.78, 5) is 0. The Morgan fingerprint density at radius 2 is 1.27 bits per heavy atom. The van der Waals surface area contributed by atoms with Crippen molar-refractivity contribution in [1.29, 1.82) is 0 Å². The Bertz CT molecular complexity index is 108. The highest BCUT2D eigenvalue weighted by atomic mass is 32.1. The molecule has 0 bridgehead atoms. The van der Waals surface area contributed by atoms with E-state index in [4.69, 9.17) is 10.2 Å². The van der Waals surface area contributed by atoms with Gasteiger partial charge in [-0.2, -0.15) is 0 Å². The van der Waals surface area contributed by atoms with Crippen LogP contribution in [-0.4, -0.2) is 20.6 Å². The fraction of sp³-hybridized carbons (Fsp3) is 0.200. The van der Waals surface area contributed by atoms with E-state index in [-0.39, 0.29) is 0 Å². The number of aliphatic hydroxyl groups is 2. The van der Waals surface area contributed by atoms with E-state index in [0.717, 1.165) is 0 Å². The number of hydrogen-bond acceptors (Lipinski definition) is 2. The molecule has 11 heavy (non-hydrogen) atoms. The number of aliphatic hydroxyl groups excluding tert-OH is 2. The van der Waals surface area contributed by atoms with Gasteiger partial charge in [0.2, 0.25) is 0 Å². The maximum Gasteiger partial charge on any atom is 0.251 e. The predicted molar refractivity (Wildman–Crippen MR) is 54.7 cm³/mol. The lowest BCUT2D eigenvalue weighted by molar-refractivity contribution is 0.559. The maximum atomic E-state index is 7.56. The van der Waals surface area contributed by atoms with Gasteiger partial charge in [0.1, 0.15) is 0 Å². The van der Waals surface area contributed by atoms with E-state index in [2.05, 4.69) is 42.5 Å². The molecule has 0 aliphatic heterocycles. The van der Waals surface area contributed by atoms with Crippen molar-refractivity contribution < 1.29 is 10.2 Å². The lowest BCUT2D eigenvalue weighted by Crippen LogP contribution is -2.03. The highest BCUT2D eigenvalue weighted by Crippen LogP contribution is 1.40. The third-order valence-corrected chi connectivity index (χ3v) is 0. The molecule has 66 valence electrons. The van der Waals surface area contributed by atoms with Crippen LogP contribution in [0, 0.1) is 0 Å². The molecule has 0 atom stereocenters. The van der Waals surface area contributed by atoms with Gasteiger partial charge >= 0.3 is 0 Å². The van der Waals surface area contributed by atoms with Gasteiger partial charge in [-0.15, -0.1) is 6.58 Å². The van der Waals surface area contributed by atoms with Crippen molar-refractivity contribution >= 4 is 34.8 Å². The molecule has 0 rings (SSSR count). The van der Waals surface area contributed by atoms with Crippen molar-refractivity contribution in [3.05, 3.63) is 12.7 Å². The monoisotopic (exact) mass is 196 g/mol. The van der Waals surface area contributed by atoms with Gasteiger partial charge < -0.3 is 21.7 Å².